The van der Waals surface area contributed by atoms with E-state index in [1.807, 2.05) is 0 Å². The van der Waals surface area contributed by atoms with Crippen molar-refractivity contribution >= 4 is 5.91 Å². The molecule has 0 aromatic carbocycles. The van der Waals surface area contributed by atoms with Gasteiger partial charge in [0.2, 0.25) is 5.91 Å². The topological polar surface area (TPSA) is 41.1 Å². The lowest BCUT2D eigenvalue weighted by Crippen LogP contribution is -2.53. The molecule has 21 heavy (non-hydrogen) atoms. The summed E-state index contributed by atoms with van der Waals surface area (Å²) >= 11 is 0. The molecule has 2 aliphatic rings. The Hall–Kier alpha value is -0.570. The summed E-state index contributed by atoms with van der Waals surface area (Å²) in [4.78, 5) is 13.0. The molecule has 3 unspecified atom stereocenters. The molecule has 122 valence electrons. The first-order chi connectivity index (χ1) is 9.98. The van der Waals surface area contributed by atoms with Crippen LogP contribution in [0.1, 0.15) is 66.2 Å². The molecule has 3 heteroatoms. The van der Waals surface area contributed by atoms with Crippen LogP contribution in [0.5, 0.6) is 0 Å². The van der Waals surface area contributed by atoms with Crippen molar-refractivity contribution in [1.29, 1.82) is 0 Å². The van der Waals surface area contributed by atoms with Crippen molar-refractivity contribution < 1.29 is 4.79 Å². The van der Waals surface area contributed by atoms with Gasteiger partial charge in [-0.25, -0.2) is 0 Å². The summed E-state index contributed by atoms with van der Waals surface area (Å²) in [5.41, 5.74) is -0.118. The van der Waals surface area contributed by atoms with Gasteiger partial charge in [0.1, 0.15) is 0 Å². The number of rotatable bonds is 4. The first kappa shape index (κ1) is 16.8. The summed E-state index contributed by atoms with van der Waals surface area (Å²) in [5, 5.41) is 6.86. The second kappa shape index (κ2) is 7.13. The van der Waals surface area contributed by atoms with Crippen LogP contribution in [-0.4, -0.2) is 25.0 Å². The largest absolute Gasteiger partial charge is 0.353 e. The lowest BCUT2D eigenvalue weighted by atomic mass is 9.72. The SMILES string of the molecule is CCC1(C(=O)NC2CC(C)CCC2C(C)C)CCNCC1. The molecule has 3 nitrogen and oxygen atoms in total. The smallest absolute Gasteiger partial charge is 0.226 e. The third-order valence-electron chi connectivity index (χ3n) is 6.06. The Labute approximate surface area is 130 Å². The van der Waals surface area contributed by atoms with E-state index in [-0.39, 0.29) is 5.41 Å². The lowest BCUT2D eigenvalue weighted by molar-refractivity contribution is -0.134. The third-order valence-corrected chi connectivity index (χ3v) is 6.06. The van der Waals surface area contributed by atoms with Crippen molar-refractivity contribution in [3.63, 3.8) is 0 Å². The van der Waals surface area contributed by atoms with Crippen LogP contribution in [-0.2, 0) is 4.79 Å². The molecular formula is C18H34N2O. The van der Waals surface area contributed by atoms with Crippen molar-refractivity contribution in [3.05, 3.63) is 0 Å². The summed E-state index contributed by atoms with van der Waals surface area (Å²) < 4.78 is 0. The molecule has 0 spiro atoms. The van der Waals surface area contributed by atoms with Gasteiger partial charge in [-0.1, -0.05) is 34.1 Å². The zero-order valence-electron chi connectivity index (χ0n) is 14.4. The highest BCUT2D eigenvalue weighted by molar-refractivity contribution is 5.83. The van der Waals surface area contributed by atoms with E-state index in [0.29, 0.717) is 23.8 Å². The maximum Gasteiger partial charge on any atom is 0.226 e. The molecule has 0 bridgehead atoms. The molecule has 1 saturated carbocycles. The second-order valence-corrected chi connectivity index (χ2v) is 7.79. The molecule has 0 aromatic heterocycles. The fraction of sp³-hybridized carbons (Fsp3) is 0.944. The quantitative estimate of drug-likeness (QED) is 0.835. The number of carbonyl (C=O) groups excluding carboxylic acids is 1. The van der Waals surface area contributed by atoms with Gasteiger partial charge < -0.3 is 10.6 Å². The summed E-state index contributed by atoms with van der Waals surface area (Å²) in [6, 6.07) is 0.388. The fourth-order valence-corrected chi connectivity index (χ4v) is 4.34. The Morgan fingerprint density at radius 3 is 2.52 bits per heavy atom. The van der Waals surface area contributed by atoms with Gasteiger partial charge in [-0.2, -0.15) is 0 Å². The van der Waals surface area contributed by atoms with Crippen molar-refractivity contribution in [2.45, 2.75) is 72.3 Å². The van der Waals surface area contributed by atoms with Crippen molar-refractivity contribution in [2.24, 2.45) is 23.2 Å². The average Bonchev–Trinajstić information content (AvgIpc) is 2.47. The third kappa shape index (κ3) is 3.80. The Morgan fingerprint density at radius 1 is 1.29 bits per heavy atom. The van der Waals surface area contributed by atoms with Crippen LogP contribution in [0, 0.1) is 23.2 Å². The highest BCUT2D eigenvalue weighted by Crippen LogP contribution is 2.36. The van der Waals surface area contributed by atoms with E-state index in [1.54, 1.807) is 0 Å². The maximum atomic E-state index is 13.0. The van der Waals surface area contributed by atoms with Crippen LogP contribution >= 0.6 is 0 Å². The number of carbonyl (C=O) groups is 1. The second-order valence-electron chi connectivity index (χ2n) is 7.79. The summed E-state index contributed by atoms with van der Waals surface area (Å²) in [5.74, 6) is 2.39. The van der Waals surface area contributed by atoms with Crippen molar-refractivity contribution in [2.75, 3.05) is 13.1 Å². The first-order valence-corrected chi connectivity index (χ1v) is 9.00. The predicted molar refractivity (Wildman–Crippen MR) is 88.1 cm³/mol. The number of hydrogen-bond acceptors (Lipinski definition) is 2. The van der Waals surface area contributed by atoms with Gasteiger partial charge in [-0.3, -0.25) is 4.79 Å². The van der Waals surface area contributed by atoms with Crippen LogP contribution in [0.4, 0.5) is 0 Å². The molecule has 0 aromatic rings. The molecule has 2 N–H and O–H groups in total. The van der Waals surface area contributed by atoms with E-state index < -0.39 is 0 Å². The minimum absolute atomic E-state index is 0.118. The van der Waals surface area contributed by atoms with E-state index in [0.717, 1.165) is 44.7 Å². The minimum atomic E-state index is -0.118. The number of hydrogen-bond donors (Lipinski definition) is 2. The molecule has 2 fully saturated rings. The number of amides is 1. The Bertz CT molecular complexity index is 347. The monoisotopic (exact) mass is 294 g/mol. The molecule has 3 atom stereocenters. The fourth-order valence-electron chi connectivity index (χ4n) is 4.34. The Kier molecular flexibility index (Phi) is 5.70. The van der Waals surface area contributed by atoms with Crippen LogP contribution in [0.3, 0.4) is 0 Å². The molecule has 1 aliphatic heterocycles. The van der Waals surface area contributed by atoms with E-state index in [4.69, 9.17) is 0 Å². The molecule has 2 rings (SSSR count). The number of nitrogens with one attached hydrogen (secondary N) is 2. The highest BCUT2D eigenvalue weighted by Gasteiger charge is 2.40. The van der Waals surface area contributed by atoms with Crippen LogP contribution < -0.4 is 10.6 Å². The predicted octanol–water partition coefficient (Wildman–Crippen LogP) is 3.34. The van der Waals surface area contributed by atoms with Gasteiger partial charge in [0, 0.05) is 6.04 Å². The van der Waals surface area contributed by atoms with E-state index in [2.05, 4.69) is 38.3 Å². The van der Waals surface area contributed by atoms with Gasteiger partial charge >= 0.3 is 0 Å². The van der Waals surface area contributed by atoms with Gasteiger partial charge in [-0.05, 0) is 62.9 Å². The van der Waals surface area contributed by atoms with Gasteiger partial charge in [-0.15, -0.1) is 0 Å². The average molecular weight is 294 g/mol. The van der Waals surface area contributed by atoms with Crippen LogP contribution in [0.2, 0.25) is 0 Å². The van der Waals surface area contributed by atoms with Gasteiger partial charge in [0.05, 0.1) is 5.41 Å². The van der Waals surface area contributed by atoms with E-state index in [9.17, 15) is 4.79 Å². The van der Waals surface area contributed by atoms with Gasteiger partial charge in [0.15, 0.2) is 0 Å². The van der Waals surface area contributed by atoms with Crippen LogP contribution in [0.15, 0.2) is 0 Å². The molecule has 1 heterocycles. The normalized spacial score (nSPS) is 32.9. The minimum Gasteiger partial charge on any atom is -0.353 e. The van der Waals surface area contributed by atoms with E-state index in [1.165, 1.54) is 12.8 Å². The highest BCUT2D eigenvalue weighted by atomic mass is 16.2. The first-order valence-electron chi connectivity index (χ1n) is 9.00. The Balaban J connectivity index is 2.04. The van der Waals surface area contributed by atoms with E-state index >= 15 is 0 Å². The number of piperidine rings is 1. The van der Waals surface area contributed by atoms with Crippen molar-refractivity contribution in [1.82, 2.24) is 10.6 Å². The zero-order chi connectivity index (χ0) is 15.5. The Morgan fingerprint density at radius 2 is 1.95 bits per heavy atom. The van der Waals surface area contributed by atoms with Crippen molar-refractivity contribution in [3.8, 4) is 0 Å². The summed E-state index contributed by atoms with van der Waals surface area (Å²) in [7, 11) is 0. The van der Waals surface area contributed by atoms with Crippen LogP contribution in [0.25, 0.3) is 0 Å². The lowest BCUT2D eigenvalue weighted by Gasteiger charge is -2.41. The molecule has 1 amide bonds. The standard InChI is InChI=1S/C18H34N2O/c1-5-18(8-10-19-11-9-18)17(21)20-16-12-14(4)6-7-15(16)13(2)3/h13-16,19H,5-12H2,1-4H3,(H,20,21). The molecular weight excluding hydrogens is 260 g/mol. The molecule has 0 radical (unpaired) electrons. The molecule has 1 aliphatic carbocycles. The molecule has 1 saturated heterocycles. The summed E-state index contributed by atoms with van der Waals surface area (Å²) in [6.45, 7) is 11.1. The summed E-state index contributed by atoms with van der Waals surface area (Å²) in [6.07, 6.45) is 6.69. The zero-order valence-corrected chi connectivity index (χ0v) is 14.4. The van der Waals surface area contributed by atoms with Gasteiger partial charge in [0.25, 0.3) is 0 Å². The maximum absolute atomic E-state index is 13.0.